The molecule has 0 aliphatic heterocycles. The van der Waals surface area contributed by atoms with E-state index in [2.05, 4.69) is 11.4 Å². The highest BCUT2D eigenvalue weighted by Crippen LogP contribution is 2.28. The van der Waals surface area contributed by atoms with E-state index in [9.17, 15) is 8.42 Å². The van der Waals surface area contributed by atoms with Crippen LogP contribution in [0.15, 0.2) is 65.7 Å². The summed E-state index contributed by atoms with van der Waals surface area (Å²) in [5, 5.41) is 12.2. The second kappa shape index (κ2) is 8.40. The monoisotopic (exact) mass is 401 g/mol. The number of halogens is 1. The van der Waals surface area contributed by atoms with Gasteiger partial charge in [0, 0.05) is 18.3 Å². The van der Waals surface area contributed by atoms with Gasteiger partial charge in [0.2, 0.25) is 0 Å². The van der Waals surface area contributed by atoms with Crippen LogP contribution >= 0.6 is 12.4 Å². The summed E-state index contributed by atoms with van der Waals surface area (Å²) in [5.74, 6) is 0. The molecular weight excluding hydrogens is 382 g/mol. The molecule has 0 amide bonds. The van der Waals surface area contributed by atoms with Gasteiger partial charge in [-0.05, 0) is 49.9 Å². The molecular formula is C20H20ClN3O2S. The second-order valence-electron chi connectivity index (χ2n) is 6.07. The smallest absolute Gasteiger partial charge is 0.268 e. The van der Waals surface area contributed by atoms with Gasteiger partial charge in [0.1, 0.15) is 0 Å². The maximum Gasteiger partial charge on any atom is 0.268 e. The Hall–Kier alpha value is -2.59. The van der Waals surface area contributed by atoms with E-state index < -0.39 is 10.0 Å². The first-order chi connectivity index (χ1) is 12.5. The van der Waals surface area contributed by atoms with E-state index in [1.807, 2.05) is 20.0 Å². The van der Waals surface area contributed by atoms with E-state index in [-0.39, 0.29) is 17.3 Å². The number of aromatic nitrogens is 1. The van der Waals surface area contributed by atoms with Crippen molar-refractivity contribution in [2.45, 2.75) is 18.4 Å². The Morgan fingerprint density at radius 3 is 2.44 bits per heavy atom. The molecule has 0 saturated heterocycles. The molecule has 0 aliphatic carbocycles. The number of benzene rings is 2. The van der Waals surface area contributed by atoms with Gasteiger partial charge in [-0.2, -0.15) is 5.26 Å². The van der Waals surface area contributed by atoms with Crippen LogP contribution in [0.3, 0.4) is 0 Å². The molecule has 0 unspecified atom stereocenters. The van der Waals surface area contributed by atoms with Crippen molar-refractivity contribution in [1.82, 2.24) is 9.29 Å². The molecule has 7 heteroatoms. The van der Waals surface area contributed by atoms with Gasteiger partial charge < -0.3 is 5.32 Å². The van der Waals surface area contributed by atoms with Crippen LogP contribution in [0.1, 0.15) is 16.7 Å². The zero-order valence-corrected chi connectivity index (χ0v) is 16.6. The molecule has 0 saturated carbocycles. The van der Waals surface area contributed by atoms with Gasteiger partial charge in [0.05, 0.1) is 22.2 Å². The lowest BCUT2D eigenvalue weighted by atomic mass is 10.1. The Balaban J connectivity index is 0.00000261. The topological polar surface area (TPSA) is 74.9 Å². The Bertz CT molecular complexity index is 1080. The lowest BCUT2D eigenvalue weighted by molar-refractivity contribution is 0.588. The average Bonchev–Trinajstić information content (AvgIpc) is 3.07. The highest BCUT2D eigenvalue weighted by atomic mass is 35.5. The van der Waals surface area contributed by atoms with E-state index in [0.717, 1.165) is 11.1 Å². The molecule has 27 heavy (non-hydrogen) atoms. The molecule has 3 aromatic rings. The fourth-order valence-corrected chi connectivity index (χ4v) is 4.18. The summed E-state index contributed by atoms with van der Waals surface area (Å²) in [5.41, 5.74) is 3.54. The molecule has 140 valence electrons. The fraction of sp³-hybridized carbons (Fsp3) is 0.150. The lowest BCUT2D eigenvalue weighted by Gasteiger charge is -2.11. The quantitative estimate of drug-likeness (QED) is 0.707. The first-order valence-electron chi connectivity index (χ1n) is 8.14. The minimum Gasteiger partial charge on any atom is -0.316 e. The van der Waals surface area contributed by atoms with Crippen molar-refractivity contribution in [3.05, 3.63) is 77.5 Å². The van der Waals surface area contributed by atoms with Crippen LogP contribution in [0.4, 0.5) is 0 Å². The normalized spacial score (nSPS) is 10.9. The van der Waals surface area contributed by atoms with Gasteiger partial charge in [-0.25, -0.2) is 12.4 Å². The third kappa shape index (κ3) is 4.22. The molecule has 0 bridgehead atoms. The number of rotatable bonds is 5. The molecule has 0 spiro atoms. The van der Waals surface area contributed by atoms with E-state index in [4.69, 9.17) is 5.26 Å². The summed E-state index contributed by atoms with van der Waals surface area (Å²) >= 11 is 0. The lowest BCUT2D eigenvalue weighted by Crippen LogP contribution is -2.13. The van der Waals surface area contributed by atoms with Crippen LogP contribution in [-0.2, 0) is 16.6 Å². The summed E-state index contributed by atoms with van der Waals surface area (Å²) in [6.07, 6.45) is 1.63. The Morgan fingerprint density at radius 1 is 1.11 bits per heavy atom. The molecule has 3 rings (SSSR count). The molecule has 0 atom stereocenters. The van der Waals surface area contributed by atoms with Crippen molar-refractivity contribution in [2.24, 2.45) is 0 Å². The predicted molar refractivity (Wildman–Crippen MR) is 108 cm³/mol. The zero-order chi connectivity index (χ0) is 18.7. The number of aryl methyl sites for hydroxylation is 1. The van der Waals surface area contributed by atoms with Crippen LogP contribution in [-0.4, -0.2) is 19.4 Å². The predicted octanol–water partition coefficient (Wildman–Crippen LogP) is 3.71. The summed E-state index contributed by atoms with van der Waals surface area (Å²) in [6, 6.07) is 17.6. The zero-order valence-electron chi connectivity index (χ0n) is 15.0. The minimum atomic E-state index is -3.75. The number of hydrogen-bond acceptors (Lipinski definition) is 4. The van der Waals surface area contributed by atoms with Gasteiger partial charge >= 0.3 is 0 Å². The molecule has 0 aliphatic rings. The van der Waals surface area contributed by atoms with Crippen molar-refractivity contribution in [3.63, 3.8) is 0 Å². The van der Waals surface area contributed by atoms with Gasteiger partial charge in [-0.1, -0.05) is 29.8 Å². The van der Waals surface area contributed by atoms with Crippen molar-refractivity contribution in [1.29, 1.82) is 5.26 Å². The average molecular weight is 402 g/mol. The Kier molecular flexibility index (Phi) is 6.45. The maximum absolute atomic E-state index is 13.2. The van der Waals surface area contributed by atoms with Gasteiger partial charge in [0.15, 0.2) is 0 Å². The van der Waals surface area contributed by atoms with E-state index >= 15 is 0 Å². The van der Waals surface area contributed by atoms with Gasteiger partial charge in [0.25, 0.3) is 10.0 Å². The van der Waals surface area contributed by atoms with Gasteiger partial charge in [-0.15, -0.1) is 12.4 Å². The SMILES string of the molecule is CNCc1cc(-c2cccc(C#N)c2)n(S(=O)(=O)c2ccc(C)cc2)c1.Cl. The highest BCUT2D eigenvalue weighted by Gasteiger charge is 2.21. The van der Waals surface area contributed by atoms with Crippen LogP contribution < -0.4 is 5.32 Å². The highest BCUT2D eigenvalue weighted by molar-refractivity contribution is 7.90. The van der Waals surface area contributed by atoms with Crippen molar-refractivity contribution in [2.75, 3.05) is 7.05 Å². The fourth-order valence-electron chi connectivity index (χ4n) is 2.78. The van der Waals surface area contributed by atoms with Crippen molar-refractivity contribution >= 4 is 22.4 Å². The number of nitrogens with zero attached hydrogens (tertiary/aromatic N) is 2. The molecule has 1 heterocycles. The summed E-state index contributed by atoms with van der Waals surface area (Å²) in [4.78, 5) is 0.229. The summed E-state index contributed by atoms with van der Waals surface area (Å²) in [7, 11) is -1.94. The van der Waals surface area contributed by atoms with Gasteiger partial charge in [-0.3, -0.25) is 0 Å². The molecule has 0 fully saturated rings. The molecule has 5 nitrogen and oxygen atoms in total. The van der Waals surface area contributed by atoms with E-state index in [1.165, 1.54) is 3.97 Å². The molecule has 1 aromatic heterocycles. The molecule has 1 N–H and O–H groups in total. The maximum atomic E-state index is 13.2. The van der Waals surface area contributed by atoms with Crippen molar-refractivity contribution in [3.8, 4) is 17.3 Å². The standard InChI is InChI=1S/C20H19N3O2S.ClH/c1-15-6-8-19(9-7-15)26(24,25)23-14-17(13-22-2)11-20(23)18-5-3-4-16(10-18)12-21;/h3-11,14,22H,13H2,1-2H3;1H. The van der Waals surface area contributed by atoms with E-state index in [1.54, 1.807) is 54.7 Å². The first kappa shape index (κ1) is 20.7. The summed E-state index contributed by atoms with van der Waals surface area (Å²) < 4.78 is 27.7. The number of hydrogen-bond donors (Lipinski definition) is 1. The first-order valence-corrected chi connectivity index (χ1v) is 9.58. The van der Waals surface area contributed by atoms with Crippen LogP contribution in [0.25, 0.3) is 11.3 Å². The Morgan fingerprint density at radius 2 is 1.81 bits per heavy atom. The molecule has 2 aromatic carbocycles. The van der Waals surface area contributed by atoms with Crippen molar-refractivity contribution < 1.29 is 8.42 Å². The molecule has 0 radical (unpaired) electrons. The van der Waals surface area contributed by atoms with Crippen LogP contribution in [0.5, 0.6) is 0 Å². The third-order valence-electron chi connectivity index (χ3n) is 4.09. The summed E-state index contributed by atoms with van der Waals surface area (Å²) in [6.45, 7) is 2.46. The second-order valence-corrected chi connectivity index (χ2v) is 7.89. The third-order valence-corrected chi connectivity index (χ3v) is 5.78. The largest absolute Gasteiger partial charge is 0.316 e. The number of nitrogens with one attached hydrogen (secondary N) is 1. The van der Waals surface area contributed by atoms with E-state index in [0.29, 0.717) is 23.4 Å². The Labute approximate surface area is 165 Å². The van der Waals surface area contributed by atoms with Crippen LogP contribution in [0.2, 0.25) is 0 Å². The minimum absolute atomic E-state index is 0. The number of nitriles is 1. The van der Waals surface area contributed by atoms with Crippen LogP contribution in [0, 0.1) is 18.3 Å².